The predicted octanol–water partition coefficient (Wildman–Crippen LogP) is 1.91. The Kier molecular flexibility index (Phi) is 3.59. The summed E-state index contributed by atoms with van der Waals surface area (Å²) in [6.07, 6.45) is 4.03. The molecule has 0 saturated carbocycles. The molecule has 2 saturated heterocycles. The standard InChI is InChI=1S/C18H20N4O2/c1-21-11-15-7-6-14(10-17(21)23)22(15)18(24)13-4-2-12(3-5-13)16-8-9-19-20-16/h2-5,8-9,14-15H,6-7,10-11H2,1H3,(H,19,20)/t14-,15+/m1/s1. The van der Waals surface area contributed by atoms with Crippen molar-refractivity contribution in [2.75, 3.05) is 13.6 Å². The van der Waals surface area contributed by atoms with E-state index in [1.54, 1.807) is 11.1 Å². The Balaban J connectivity index is 1.58. The molecule has 24 heavy (non-hydrogen) atoms. The number of carbonyl (C=O) groups is 2. The molecule has 2 amide bonds. The van der Waals surface area contributed by atoms with Gasteiger partial charge in [-0.3, -0.25) is 14.7 Å². The van der Waals surface area contributed by atoms with Crippen LogP contribution in [-0.4, -0.2) is 57.5 Å². The van der Waals surface area contributed by atoms with E-state index in [-0.39, 0.29) is 23.9 Å². The van der Waals surface area contributed by atoms with Crippen molar-refractivity contribution in [2.24, 2.45) is 0 Å². The first kappa shape index (κ1) is 14.9. The third-order valence-electron chi connectivity index (χ3n) is 5.12. The van der Waals surface area contributed by atoms with Crippen LogP contribution in [0.4, 0.5) is 0 Å². The molecule has 2 aromatic rings. The molecule has 2 aliphatic heterocycles. The van der Waals surface area contributed by atoms with Gasteiger partial charge >= 0.3 is 0 Å². The fourth-order valence-corrected chi connectivity index (χ4v) is 3.81. The number of rotatable bonds is 2. The summed E-state index contributed by atoms with van der Waals surface area (Å²) < 4.78 is 0. The molecule has 2 bridgehead atoms. The highest BCUT2D eigenvalue weighted by Gasteiger charge is 2.42. The van der Waals surface area contributed by atoms with Crippen LogP contribution in [-0.2, 0) is 4.79 Å². The number of aromatic nitrogens is 2. The van der Waals surface area contributed by atoms with E-state index in [4.69, 9.17) is 0 Å². The maximum atomic E-state index is 13.0. The molecule has 0 unspecified atom stereocenters. The molecule has 0 radical (unpaired) electrons. The smallest absolute Gasteiger partial charge is 0.254 e. The van der Waals surface area contributed by atoms with Gasteiger partial charge < -0.3 is 9.80 Å². The molecule has 2 aliphatic rings. The average molecular weight is 324 g/mol. The van der Waals surface area contributed by atoms with Gasteiger partial charge in [-0.2, -0.15) is 5.10 Å². The fourth-order valence-electron chi connectivity index (χ4n) is 3.81. The van der Waals surface area contributed by atoms with E-state index in [9.17, 15) is 9.59 Å². The molecule has 1 aromatic heterocycles. The van der Waals surface area contributed by atoms with Crippen molar-refractivity contribution < 1.29 is 9.59 Å². The van der Waals surface area contributed by atoms with E-state index in [0.29, 0.717) is 18.5 Å². The topological polar surface area (TPSA) is 69.3 Å². The lowest BCUT2D eigenvalue weighted by atomic mass is 10.1. The van der Waals surface area contributed by atoms with Crippen LogP contribution in [0.15, 0.2) is 36.5 Å². The van der Waals surface area contributed by atoms with Gasteiger partial charge in [-0.1, -0.05) is 12.1 Å². The van der Waals surface area contributed by atoms with Crippen molar-refractivity contribution in [1.82, 2.24) is 20.0 Å². The first-order valence-electron chi connectivity index (χ1n) is 8.30. The lowest BCUT2D eigenvalue weighted by Gasteiger charge is -2.28. The molecule has 3 heterocycles. The minimum absolute atomic E-state index is 0.0294. The molecule has 2 fully saturated rings. The maximum Gasteiger partial charge on any atom is 0.254 e. The third-order valence-corrected chi connectivity index (χ3v) is 5.12. The number of nitrogens with one attached hydrogen (secondary N) is 1. The molecule has 6 heteroatoms. The second-order valence-corrected chi connectivity index (χ2v) is 6.62. The Labute approximate surface area is 140 Å². The number of H-pyrrole nitrogens is 1. The lowest BCUT2D eigenvalue weighted by Crippen LogP contribution is -2.42. The summed E-state index contributed by atoms with van der Waals surface area (Å²) in [7, 11) is 1.82. The zero-order chi connectivity index (χ0) is 16.7. The number of likely N-dealkylation sites (N-methyl/N-ethyl adjacent to an activating group) is 1. The van der Waals surface area contributed by atoms with E-state index in [1.165, 1.54) is 0 Å². The number of hydrogen-bond donors (Lipinski definition) is 1. The van der Waals surface area contributed by atoms with E-state index >= 15 is 0 Å². The normalized spacial score (nSPS) is 23.5. The summed E-state index contributed by atoms with van der Waals surface area (Å²) in [6.45, 7) is 0.632. The molecule has 0 aliphatic carbocycles. The van der Waals surface area contributed by atoms with Gasteiger partial charge in [-0.25, -0.2) is 0 Å². The molecule has 1 aromatic carbocycles. The van der Waals surface area contributed by atoms with E-state index in [2.05, 4.69) is 10.2 Å². The lowest BCUT2D eigenvalue weighted by molar-refractivity contribution is -0.130. The van der Waals surface area contributed by atoms with Gasteiger partial charge in [0.25, 0.3) is 5.91 Å². The zero-order valence-electron chi connectivity index (χ0n) is 13.6. The quantitative estimate of drug-likeness (QED) is 0.917. The predicted molar refractivity (Wildman–Crippen MR) is 89.3 cm³/mol. The number of carbonyl (C=O) groups excluding carboxylic acids is 2. The van der Waals surface area contributed by atoms with Gasteiger partial charge in [0, 0.05) is 43.9 Å². The number of aromatic amines is 1. The summed E-state index contributed by atoms with van der Waals surface area (Å²) in [5.41, 5.74) is 2.60. The SMILES string of the molecule is CN1C[C@@H]2CC[C@H](CC1=O)N2C(=O)c1ccc(-c2ccn[nH]2)cc1. The van der Waals surface area contributed by atoms with Crippen LogP contribution in [0.1, 0.15) is 29.6 Å². The van der Waals surface area contributed by atoms with Crippen LogP contribution in [0.5, 0.6) is 0 Å². The van der Waals surface area contributed by atoms with Crippen LogP contribution in [0.2, 0.25) is 0 Å². The van der Waals surface area contributed by atoms with Crippen LogP contribution in [0.3, 0.4) is 0 Å². The Bertz CT molecular complexity index is 754. The number of nitrogens with zero attached hydrogens (tertiary/aromatic N) is 3. The summed E-state index contributed by atoms with van der Waals surface area (Å²) >= 11 is 0. The first-order chi connectivity index (χ1) is 11.6. The van der Waals surface area contributed by atoms with E-state index in [1.807, 2.05) is 42.3 Å². The average Bonchev–Trinajstić information content (AvgIpc) is 3.22. The van der Waals surface area contributed by atoms with Crippen molar-refractivity contribution in [3.8, 4) is 11.3 Å². The number of amides is 2. The van der Waals surface area contributed by atoms with Gasteiger partial charge in [-0.15, -0.1) is 0 Å². The monoisotopic (exact) mass is 324 g/mol. The minimum atomic E-state index is 0.0294. The maximum absolute atomic E-state index is 13.0. The van der Waals surface area contributed by atoms with Crippen molar-refractivity contribution in [3.63, 3.8) is 0 Å². The van der Waals surface area contributed by atoms with Gasteiger partial charge in [0.15, 0.2) is 0 Å². The number of benzene rings is 1. The Hall–Kier alpha value is -2.63. The molecule has 2 atom stereocenters. The van der Waals surface area contributed by atoms with E-state index < -0.39 is 0 Å². The number of likely N-dealkylation sites (tertiary alicyclic amines) is 1. The second-order valence-electron chi connectivity index (χ2n) is 6.62. The zero-order valence-corrected chi connectivity index (χ0v) is 13.6. The molecular formula is C18H20N4O2. The summed E-state index contributed by atoms with van der Waals surface area (Å²) in [4.78, 5) is 28.8. The highest BCUT2D eigenvalue weighted by molar-refractivity contribution is 5.96. The van der Waals surface area contributed by atoms with Crippen LogP contribution in [0.25, 0.3) is 11.3 Å². The van der Waals surface area contributed by atoms with Crippen molar-refractivity contribution in [2.45, 2.75) is 31.3 Å². The van der Waals surface area contributed by atoms with Crippen molar-refractivity contribution in [1.29, 1.82) is 0 Å². The highest BCUT2D eigenvalue weighted by Crippen LogP contribution is 2.32. The van der Waals surface area contributed by atoms with E-state index in [0.717, 1.165) is 24.1 Å². The Morgan fingerprint density at radius 3 is 2.62 bits per heavy atom. The number of hydrogen-bond acceptors (Lipinski definition) is 3. The molecule has 4 rings (SSSR count). The molecule has 1 N–H and O–H groups in total. The first-order valence-corrected chi connectivity index (χ1v) is 8.30. The Morgan fingerprint density at radius 2 is 1.92 bits per heavy atom. The Morgan fingerprint density at radius 1 is 1.17 bits per heavy atom. The molecule has 124 valence electrons. The molecular weight excluding hydrogens is 304 g/mol. The minimum Gasteiger partial charge on any atom is -0.344 e. The van der Waals surface area contributed by atoms with Gasteiger partial charge in [0.1, 0.15) is 0 Å². The van der Waals surface area contributed by atoms with Gasteiger partial charge in [0.2, 0.25) is 5.91 Å². The van der Waals surface area contributed by atoms with Crippen LogP contribution < -0.4 is 0 Å². The highest BCUT2D eigenvalue weighted by atomic mass is 16.2. The fraction of sp³-hybridized carbons (Fsp3) is 0.389. The molecule has 6 nitrogen and oxygen atoms in total. The van der Waals surface area contributed by atoms with Crippen LogP contribution in [0, 0.1) is 0 Å². The summed E-state index contributed by atoms with van der Waals surface area (Å²) in [6, 6.07) is 9.63. The molecule has 0 spiro atoms. The summed E-state index contributed by atoms with van der Waals surface area (Å²) in [5.74, 6) is 0.163. The summed E-state index contributed by atoms with van der Waals surface area (Å²) in [5, 5.41) is 6.86. The third kappa shape index (κ3) is 2.48. The number of fused-ring (bicyclic) bond motifs is 2. The van der Waals surface area contributed by atoms with Gasteiger partial charge in [0.05, 0.1) is 5.69 Å². The van der Waals surface area contributed by atoms with Crippen molar-refractivity contribution in [3.05, 3.63) is 42.1 Å². The largest absolute Gasteiger partial charge is 0.344 e. The second kappa shape index (κ2) is 5.78. The van der Waals surface area contributed by atoms with Gasteiger partial charge in [-0.05, 0) is 36.6 Å². The van der Waals surface area contributed by atoms with Crippen molar-refractivity contribution >= 4 is 11.8 Å². The van der Waals surface area contributed by atoms with Crippen LogP contribution >= 0.6 is 0 Å².